The summed E-state index contributed by atoms with van der Waals surface area (Å²) in [6.45, 7) is 0.369. The van der Waals surface area contributed by atoms with Gasteiger partial charge in [0.15, 0.2) is 11.5 Å². The number of ether oxygens (including phenoxy) is 2. The molecule has 3 aromatic carbocycles. The molecular weight excluding hydrogens is 384 g/mol. The first-order valence-electron chi connectivity index (χ1n) is 9.15. The van der Waals surface area contributed by atoms with Crippen molar-refractivity contribution in [3.63, 3.8) is 0 Å². The summed E-state index contributed by atoms with van der Waals surface area (Å²) in [5, 5.41) is 2.80. The Labute approximate surface area is 174 Å². The van der Waals surface area contributed by atoms with Crippen LogP contribution in [-0.2, 0) is 6.61 Å². The molecule has 29 heavy (non-hydrogen) atoms. The molecule has 0 amide bonds. The highest BCUT2D eigenvalue weighted by molar-refractivity contribution is 6.31. The van der Waals surface area contributed by atoms with Crippen molar-refractivity contribution in [1.82, 2.24) is 4.98 Å². The van der Waals surface area contributed by atoms with Gasteiger partial charge in [-0.1, -0.05) is 41.9 Å². The van der Waals surface area contributed by atoms with Crippen LogP contribution >= 0.6 is 11.6 Å². The normalized spacial score (nSPS) is 11.1. The molecule has 0 spiro atoms. The molecule has 4 aromatic rings. The van der Waals surface area contributed by atoms with E-state index in [1.165, 1.54) is 0 Å². The van der Waals surface area contributed by atoms with Crippen molar-refractivity contribution >= 4 is 34.3 Å². The van der Waals surface area contributed by atoms with Crippen LogP contribution in [0.4, 0.5) is 5.69 Å². The van der Waals surface area contributed by atoms with Gasteiger partial charge in [-0.05, 0) is 42.0 Å². The van der Waals surface area contributed by atoms with Gasteiger partial charge in [0, 0.05) is 40.0 Å². The van der Waals surface area contributed by atoms with Gasteiger partial charge in [0.2, 0.25) is 0 Å². The lowest BCUT2D eigenvalue weighted by Crippen LogP contribution is -1.99. The number of nitrogens with zero attached hydrogens (tertiary/aromatic N) is 2. The van der Waals surface area contributed by atoms with E-state index in [0.29, 0.717) is 23.1 Å². The summed E-state index contributed by atoms with van der Waals surface area (Å²) in [6, 6.07) is 21.3. The quantitative estimate of drug-likeness (QED) is 0.359. The van der Waals surface area contributed by atoms with Gasteiger partial charge in [-0.3, -0.25) is 9.98 Å². The summed E-state index contributed by atoms with van der Waals surface area (Å²) in [6.07, 6.45) is 5.42. The average Bonchev–Trinajstić information content (AvgIpc) is 2.77. The van der Waals surface area contributed by atoms with Crippen LogP contribution in [0.3, 0.4) is 0 Å². The monoisotopic (exact) mass is 402 g/mol. The second kappa shape index (κ2) is 8.76. The van der Waals surface area contributed by atoms with Gasteiger partial charge in [0.25, 0.3) is 0 Å². The Kier molecular flexibility index (Phi) is 5.73. The summed E-state index contributed by atoms with van der Waals surface area (Å²) in [5.41, 5.74) is 2.73. The smallest absolute Gasteiger partial charge is 0.161 e. The molecule has 0 N–H and O–H groups in total. The second-order valence-electron chi connectivity index (χ2n) is 6.42. The third kappa shape index (κ3) is 4.39. The standard InChI is InChI=1S/C24H19ClN2O2/c1-28-24-13-17(9-10-23(24)29-16-19-5-2-3-7-21(19)25)14-27-22-8-4-6-18-15-26-12-11-20(18)22/h2-15H,16H2,1H3. The Hall–Kier alpha value is -3.37. The number of aliphatic imine (C=N–C) groups is 1. The van der Waals surface area contributed by atoms with Gasteiger partial charge >= 0.3 is 0 Å². The van der Waals surface area contributed by atoms with E-state index in [4.69, 9.17) is 21.1 Å². The largest absolute Gasteiger partial charge is 0.493 e. The second-order valence-corrected chi connectivity index (χ2v) is 6.83. The molecule has 0 aliphatic carbocycles. The zero-order valence-corrected chi connectivity index (χ0v) is 16.6. The van der Waals surface area contributed by atoms with E-state index >= 15 is 0 Å². The summed E-state index contributed by atoms with van der Waals surface area (Å²) < 4.78 is 11.4. The molecule has 0 saturated heterocycles. The maximum atomic E-state index is 6.20. The van der Waals surface area contributed by atoms with Crippen molar-refractivity contribution in [1.29, 1.82) is 0 Å². The molecule has 5 heteroatoms. The molecule has 0 radical (unpaired) electrons. The zero-order chi connectivity index (χ0) is 20.1. The molecule has 0 bridgehead atoms. The maximum Gasteiger partial charge on any atom is 0.161 e. The predicted octanol–water partition coefficient (Wildman–Crippen LogP) is 6.23. The topological polar surface area (TPSA) is 43.7 Å². The molecule has 4 nitrogen and oxygen atoms in total. The highest BCUT2D eigenvalue weighted by Crippen LogP contribution is 2.30. The summed E-state index contributed by atoms with van der Waals surface area (Å²) in [5.74, 6) is 1.30. The van der Waals surface area contributed by atoms with E-state index in [-0.39, 0.29) is 0 Å². The van der Waals surface area contributed by atoms with Crippen LogP contribution in [0.5, 0.6) is 11.5 Å². The lowest BCUT2D eigenvalue weighted by atomic mass is 10.1. The van der Waals surface area contributed by atoms with Gasteiger partial charge in [-0.25, -0.2) is 0 Å². The fourth-order valence-electron chi connectivity index (χ4n) is 3.02. The number of methoxy groups -OCH3 is 1. The number of rotatable bonds is 6. The number of aromatic nitrogens is 1. The van der Waals surface area contributed by atoms with Crippen molar-refractivity contribution in [2.45, 2.75) is 6.61 Å². The third-order valence-corrected chi connectivity index (χ3v) is 4.91. The Morgan fingerprint density at radius 1 is 1.00 bits per heavy atom. The molecule has 4 rings (SSSR count). The third-order valence-electron chi connectivity index (χ3n) is 4.54. The highest BCUT2D eigenvalue weighted by Gasteiger charge is 2.07. The van der Waals surface area contributed by atoms with Crippen molar-refractivity contribution in [3.05, 3.63) is 95.3 Å². The molecule has 0 fully saturated rings. The van der Waals surface area contributed by atoms with Crippen LogP contribution in [0, 0.1) is 0 Å². The Bertz CT molecular complexity index is 1170. The zero-order valence-electron chi connectivity index (χ0n) is 15.9. The van der Waals surface area contributed by atoms with Gasteiger partial charge < -0.3 is 9.47 Å². The molecule has 144 valence electrons. The van der Waals surface area contributed by atoms with E-state index < -0.39 is 0 Å². The minimum Gasteiger partial charge on any atom is -0.493 e. The number of hydrogen-bond acceptors (Lipinski definition) is 4. The summed E-state index contributed by atoms with van der Waals surface area (Å²) >= 11 is 6.20. The average molecular weight is 403 g/mol. The first-order valence-corrected chi connectivity index (χ1v) is 9.53. The summed E-state index contributed by atoms with van der Waals surface area (Å²) in [4.78, 5) is 8.81. The van der Waals surface area contributed by atoms with Crippen LogP contribution in [0.15, 0.2) is 84.1 Å². The van der Waals surface area contributed by atoms with Crippen LogP contribution in [0.25, 0.3) is 10.8 Å². The summed E-state index contributed by atoms with van der Waals surface area (Å²) in [7, 11) is 1.62. The fraction of sp³-hybridized carbons (Fsp3) is 0.0833. The van der Waals surface area contributed by atoms with Gasteiger partial charge in [-0.15, -0.1) is 0 Å². The van der Waals surface area contributed by atoms with Crippen molar-refractivity contribution in [3.8, 4) is 11.5 Å². The number of pyridine rings is 1. The van der Waals surface area contributed by atoms with E-state index in [2.05, 4.69) is 9.98 Å². The van der Waals surface area contributed by atoms with Crippen molar-refractivity contribution in [2.24, 2.45) is 4.99 Å². The van der Waals surface area contributed by atoms with Crippen molar-refractivity contribution < 1.29 is 9.47 Å². The van der Waals surface area contributed by atoms with Gasteiger partial charge in [0.1, 0.15) is 6.61 Å². The molecule has 0 atom stereocenters. The van der Waals surface area contributed by atoms with E-state index in [9.17, 15) is 0 Å². The van der Waals surface area contributed by atoms with Crippen LogP contribution < -0.4 is 9.47 Å². The molecule has 0 aliphatic rings. The number of benzene rings is 3. The SMILES string of the molecule is COc1cc(C=Nc2cccc3cnccc23)ccc1OCc1ccccc1Cl. The molecule has 1 aromatic heterocycles. The lowest BCUT2D eigenvalue weighted by Gasteiger charge is -2.12. The molecule has 0 saturated carbocycles. The van der Waals surface area contributed by atoms with Gasteiger partial charge in [0.05, 0.1) is 12.8 Å². The number of halogens is 1. The van der Waals surface area contributed by atoms with Crippen LogP contribution in [-0.4, -0.2) is 18.3 Å². The maximum absolute atomic E-state index is 6.20. The van der Waals surface area contributed by atoms with E-state index in [1.54, 1.807) is 13.3 Å². The molecule has 0 unspecified atom stereocenters. The first kappa shape index (κ1) is 19.0. The minimum absolute atomic E-state index is 0.369. The number of fused-ring (bicyclic) bond motifs is 1. The van der Waals surface area contributed by atoms with Crippen molar-refractivity contribution in [2.75, 3.05) is 7.11 Å². The lowest BCUT2D eigenvalue weighted by molar-refractivity contribution is 0.284. The van der Waals surface area contributed by atoms with Crippen LogP contribution in [0.2, 0.25) is 5.02 Å². The number of hydrogen-bond donors (Lipinski definition) is 0. The van der Waals surface area contributed by atoms with Crippen LogP contribution in [0.1, 0.15) is 11.1 Å². The van der Waals surface area contributed by atoms with E-state index in [0.717, 1.165) is 27.6 Å². The van der Waals surface area contributed by atoms with E-state index in [1.807, 2.05) is 79.1 Å². The Morgan fingerprint density at radius 2 is 1.90 bits per heavy atom. The predicted molar refractivity (Wildman–Crippen MR) is 118 cm³/mol. The molecular formula is C24H19ClN2O2. The highest BCUT2D eigenvalue weighted by atomic mass is 35.5. The Balaban J connectivity index is 1.54. The fourth-order valence-corrected chi connectivity index (χ4v) is 3.21. The van der Waals surface area contributed by atoms with Gasteiger partial charge in [-0.2, -0.15) is 0 Å². The molecule has 0 aliphatic heterocycles. The first-order chi connectivity index (χ1) is 14.2. The molecule has 1 heterocycles. The minimum atomic E-state index is 0.369. The Morgan fingerprint density at radius 3 is 2.76 bits per heavy atom.